The third-order valence-corrected chi connectivity index (χ3v) is 2.30. The number of benzene rings is 1. The molecule has 1 aromatic carbocycles. The van der Waals surface area contributed by atoms with E-state index in [1.54, 1.807) is 12.3 Å². The molecule has 5 nitrogen and oxygen atoms in total. The molecule has 0 fully saturated rings. The van der Waals surface area contributed by atoms with Crippen molar-refractivity contribution in [3.63, 3.8) is 0 Å². The summed E-state index contributed by atoms with van der Waals surface area (Å²) in [5, 5.41) is 12.0. The standard InChI is InChI=1S/C11H11ClN4O/c1-2-17-11-4-3-9(5-10(11)12)6-15-16-7-13-14-8-16/h3-8H,2H2,1H3/b15-6-. The average molecular weight is 251 g/mol. The molecule has 0 spiro atoms. The fourth-order valence-corrected chi connectivity index (χ4v) is 1.50. The Morgan fingerprint density at radius 2 is 2.18 bits per heavy atom. The van der Waals surface area contributed by atoms with Crippen LogP contribution in [0.3, 0.4) is 0 Å². The SMILES string of the molecule is CCOc1ccc(/C=N\n2cnnc2)cc1Cl. The van der Waals surface area contributed by atoms with Crippen molar-refractivity contribution in [2.45, 2.75) is 6.92 Å². The van der Waals surface area contributed by atoms with E-state index in [0.29, 0.717) is 17.4 Å². The Morgan fingerprint density at radius 1 is 1.41 bits per heavy atom. The molecule has 0 bridgehead atoms. The third-order valence-electron chi connectivity index (χ3n) is 2.00. The molecule has 0 N–H and O–H groups in total. The van der Waals surface area contributed by atoms with Gasteiger partial charge < -0.3 is 4.74 Å². The Kier molecular flexibility index (Phi) is 3.72. The van der Waals surface area contributed by atoms with Crippen molar-refractivity contribution in [1.82, 2.24) is 14.9 Å². The molecule has 0 amide bonds. The van der Waals surface area contributed by atoms with Gasteiger partial charge in [-0.3, -0.25) is 0 Å². The van der Waals surface area contributed by atoms with Crippen LogP contribution < -0.4 is 4.74 Å². The molecule has 0 unspecified atom stereocenters. The van der Waals surface area contributed by atoms with Gasteiger partial charge in [0.1, 0.15) is 18.4 Å². The first-order valence-corrected chi connectivity index (χ1v) is 5.48. The summed E-state index contributed by atoms with van der Waals surface area (Å²) in [4.78, 5) is 0. The van der Waals surface area contributed by atoms with Crippen molar-refractivity contribution in [3.05, 3.63) is 41.4 Å². The van der Waals surface area contributed by atoms with E-state index in [1.165, 1.54) is 17.3 Å². The van der Waals surface area contributed by atoms with E-state index in [4.69, 9.17) is 16.3 Å². The fourth-order valence-electron chi connectivity index (χ4n) is 1.26. The zero-order valence-electron chi connectivity index (χ0n) is 9.25. The van der Waals surface area contributed by atoms with Crippen LogP contribution in [0.15, 0.2) is 36.0 Å². The molecule has 0 radical (unpaired) electrons. The molecule has 0 aliphatic heterocycles. The first kappa shape index (κ1) is 11.6. The molecule has 0 aliphatic carbocycles. The normalized spacial score (nSPS) is 10.9. The van der Waals surface area contributed by atoms with Crippen molar-refractivity contribution in [1.29, 1.82) is 0 Å². The Balaban J connectivity index is 2.15. The number of nitrogens with zero attached hydrogens (tertiary/aromatic N) is 4. The predicted octanol–water partition coefficient (Wildman–Crippen LogP) is 2.21. The lowest BCUT2D eigenvalue weighted by atomic mass is 10.2. The second-order valence-corrected chi connectivity index (χ2v) is 3.62. The number of rotatable bonds is 4. The summed E-state index contributed by atoms with van der Waals surface area (Å²) in [5.41, 5.74) is 0.882. The van der Waals surface area contributed by atoms with Crippen molar-refractivity contribution >= 4 is 17.8 Å². The Morgan fingerprint density at radius 3 is 2.82 bits per heavy atom. The average Bonchev–Trinajstić information content (AvgIpc) is 2.83. The minimum absolute atomic E-state index is 0.569. The zero-order chi connectivity index (χ0) is 12.1. The highest BCUT2D eigenvalue weighted by Crippen LogP contribution is 2.24. The van der Waals surface area contributed by atoms with Gasteiger partial charge in [-0.2, -0.15) is 5.10 Å². The van der Waals surface area contributed by atoms with Crippen molar-refractivity contribution < 1.29 is 4.74 Å². The molecule has 0 aliphatic rings. The fraction of sp³-hybridized carbons (Fsp3) is 0.182. The molecule has 1 heterocycles. The van der Waals surface area contributed by atoms with Gasteiger partial charge in [-0.15, -0.1) is 10.2 Å². The van der Waals surface area contributed by atoms with E-state index in [1.807, 2.05) is 19.1 Å². The maximum Gasteiger partial charge on any atom is 0.141 e. The molecular weight excluding hydrogens is 240 g/mol. The van der Waals surface area contributed by atoms with E-state index in [-0.39, 0.29) is 0 Å². The van der Waals surface area contributed by atoms with Crippen LogP contribution in [0.25, 0.3) is 0 Å². The van der Waals surface area contributed by atoms with Crippen molar-refractivity contribution in [2.75, 3.05) is 6.61 Å². The monoisotopic (exact) mass is 250 g/mol. The van der Waals surface area contributed by atoms with Crippen LogP contribution in [-0.4, -0.2) is 27.7 Å². The van der Waals surface area contributed by atoms with Gasteiger partial charge in [0.05, 0.1) is 17.8 Å². The Labute approximate surface area is 104 Å². The van der Waals surface area contributed by atoms with Gasteiger partial charge in [-0.1, -0.05) is 11.6 Å². The quantitative estimate of drug-likeness (QED) is 0.782. The number of halogens is 1. The molecule has 0 atom stereocenters. The van der Waals surface area contributed by atoms with Gasteiger partial charge in [0.15, 0.2) is 0 Å². The van der Waals surface area contributed by atoms with Gasteiger partial charge in [0.25, 0.3) is 0 Å². The number of aromatic nitrogens is 3. The highest BCUT2D eigenvalue weighted by molar-refractivity contribution is 6.32. The van der Waals surface area contributed by atoms with Crippen LogP contribution in [0.1, 0.15) is 12.5 Å². The van der Waals surface area contributed by atoms with E-state index >= 15 is 0 Å². The molecule has 88 valence electrons. The smallest absolute Gasteiger partial charge is 0.141 e. The summed E-state index contributed by atoms with van der Waals surface area (Å²) < 4.78 is 6.84. The molecular formula is C11H11ClN4O. The van der Waals surface area contributed by atoms with Crippen molar-refractivity contribution in [2.24, 2.45) is 5.10 Å². The van der Waals surface area contributed by atoms with E-state index < -0.39 is 0 Å². The summed E-state index contributed by atoms with van der Waals surface area (Å²) in [6.45, 7) is 2.51. The number of hydrogen-bond donors (Lipinski definition) is 0. The molecule has 2 rings (SSSR count). The Hall–Kier alpha value is -1.88. The summed E-state index contributed by atoms with van der Waals surface area (Å²) >= 11 is 6.05. The predicted molar refractivity (Wildman–Crippen MR) is 65.6 cm³/mol. The van der Waals surface area contributed by atoms with Gasteiger partial charge in [0, 0.05) is 0 Å². The summed E-state index contributed by atoms with van der Waals surface area (Å²) in [7, 11) is 0. The molecule has 1 aromatic heterocycles. The highest BCUT2D eigenvalue weighted by atomic mass is 35.5. The maximum absolute atomic E-state index is 6.05. The van der Waals surface area contributed by atoms with Crippen molar-refractivity contribution in [3.8, 4) is 5.75 Å². The third kappa shape index (κ3) is 3.04. The zero-order valence-corrected chi connectivity index (χ0v) is 10.0. The molecule has 0 saturated heterocycles. The second kappa shape index (κ2) is 5.45. The van der Waals surface area contributed by atoms with Crippen LogP contribution in [-0.2, 0) is 0 Å². The minimum Gasteiger partial charge on any atom is -0.492 e. The van der Waals surface area contributed by atoms with E-state index in [9.17, 15) is 0 Å². The molecule has 17 heavy (non-hydrogen) atoms. The van der Waals surface area contributed by atoms with Gasteiger partial charge in [-0.25, -0.2) is 4.68 Å². The highest BCUT2D eigenvalue weighted by Gasteiger charge is 2.00. The number of hydrogen-bond acceptors (Lipinski definition) is 4. The molecule has 6 heteroatoms. The first-order valence-electron chi connectivity index (χ1n) is 5.11. The number of ether oxygens (including phenoxy) is 1. The first-order chi connectivity index (χ1) is 8.29. The van der Waals surface area contributed by atoms with Gasteiger partial charge in [0.2, 0.25) is 0 Å². The van der Waals surface area contributed by atoms with Crippen LogP contribution in [0.4, 0.5) is 0 Å². The molecule has 0 saturated carbocycles. The van der Waals surface area contributed by atoms with Gasteiger partial charge >= 0.3 is 0 Å². The lowest BCUT2D eigenvalue weighted by Gasteiger charge is -2.05. The van der Waals surface area contributed by atoms with Crippen LogP contribution in [0.5, 0.6) is 5.75 Å². The van der Waals surface area contributed by atoms with Crippen LogP contribution >= 0.6 is 11.6 Å². The van der Waals surface area contributed by atoms with E-state index in [2.05, 4.69) is 15.3 Å². The topological polar surface area (TPSA) is 52.3 Å². The van der Waals surface area contributed by atoms with Crippen LogP contribution in [0, 0.1) is 0 Å². The van der Waals surface area contributed by atoms with E-state index in [0.717, 1.165) is 5.56 Å². The maximum atomic E-state index is 6.05. The lowest BCUT2D eigenvalue weighted by molar-refractivity contribution is 0.340. The summed E-state index contributed by atoms with van der Waals surface area (Å²) in [5.74, 6) is 0.676. The minimum atomic E-state index is 0.569. The Bertz CT molecular complexity index is 510. The molecule has 2 aromatic rings. The largest absolute Gasteiger partial charge is 0.492 e. The lowest BCUT2D eigenvalue weighted by Crippen LogP contribution is -1.93. The van der Waals surface area contributed by atoms with Gasteiger partial charge in [-0.05, 0) is 30.7 Å². The second-order valence-electron chi connectivity index (χ2n) is 3.21. The van der Waals surface area contributed by atoms with Crippen LogP contribution in [0.2, 0.25) is 5.02 Å². The summed E-state index contributed by atoms with van der Waals surface area (Å²) in [6, 6.07) is 5.49. The summed E-state index contributed by atoms with van der Waals surface area (Å²) in [6.07, 6.45) is 4.68.